The molecule has 3 nitrogen and oxygen atoms in total. The van der Waals surface area contributed by atoms with Gasteiger partial charge < -0.3 is 10.5 Å². The van der Waals surface area contributed by atoms with Crippen LogP contribution in [0.25, 0.3) is 0 Å². The summed E-state index contributed by atoms with van der Waals surface area (Å²) in [6, 6.07) is 7.33. The Bertz CT molecular complexity index is 576. The lowest BCUT2D eigenvalue weighted by Gasteiger charge is -2.13. The highest BCUT2D eigenvalue weighted by molar-refractivity contribution is 6.29. The Morgan fingerprint density at radius 2 is 1.78 bits per heavy atom. The van der Waals surface area contributed by atoms with Gasteiger partial charge in [0.2, 0.25) is 5.88 Å². The van der Waals surface area contributed by atoms with Crippen LogP contribution in [0.15, 0.2) is 24.3 Å². The van der Waals surface area contributed by atoms with Crippen LogP contribution >= 0.6 is 11.6 Å². The van der Waals surface area contributed by atoms with Gasteiger partial charge in [-0.15, -0.1) is 0 Å². The number of pyridine rings is 1. The van der Waals surface area contributed by atoms with E-state index in [-0.39, 0.29) is 0 Å². The first-order valence-electron chi connectivity index (χ1n) is 5.65. The molecule has 1 heterocycles. The molecule has 4 heteroatoms. The topological polar surface area (TPSA) is 48.1 Å². The molecule has 1 aromatic carbocycles. The zero-order valence-electron chi connectivity index (χ0n) is 10.6. The van der Waals surface area contributed by atoms with Gasteiger partial charge in [0.1, 0.15) is 10.9 Å². The molecule has 1 aromatic heterocycles. The SMILES string of the molecule is Cc1ccc(C)c(Oc2cc(N)cc(Cl)n2)c1C. The zero-order chi connectivity index (χ0) is 13.3. The van der Waals surface area contributed by atoms with Crippen molar-refractivity contribution in [1.82, 2.24) is 4.98 Å². The minimum absolute atomic E-state index is 0.327. The van der Waals surface area contributed by atoms with Crippen LogP contribution in [0.1, 0.15) is 16.7 Å². The third kappa shape index (κ3) is 2.57. The fraction of sp³-hybridized carbons (Fsp3) is 0.214. The van der Waals surface area contributed by atoms with Gasteiger partial charge in [-0.2, -0.15) is 0 Å². The summed E-state index contributed by atoms with van der Waals surface area (Å²) in [5.41, 5.74) is 9.57. The standard InChI is InChI=1S/C14H15ClN2O/c1-8-4-5-9(2)14(10(8)3)18-13-7-11(16)6-12(15)17-13/h4-7H,1-3H3,(H2,16,17). The van der Waals surface area contributed by atoms with Gasteiger partial charge in [-0.05, 0) is 43.5 Å². The molecule has 0 aliphatic carbocycles. The van der Waals surface area contributed by atoms with E-state index < -0.39 is 0 Å². The maximum Gasteiger partial charge on any atom is 0.222 e. The average Bonchev–Trinajstić information content (AvgIpc) is 2.28. The van der Waals surface area contributed by atoms with Gasteiger partial charge in [0.15, 0.2) is 0 Å². The molecule has 0 unspecified atom stereocenters. The monoisotopic (exact) mass is 262 g/mol. The minimum atomic E-state index is 0.327. The van der Waals surface area contributed by atoms with E-state index in [1.807, 2.05) is 26.8 Å². The summed E-state index contributed by atoms with van der Waals surface area (Å²) in [5, 5.41) is 0.327. The predicted octanol–water partition coefficient (Wildman–Crippen LogP) is 4.03. The van der Waals surface area contributed by atoms with Crippen molar-refractivity contribution in [2.24, 2.45) is 0 Å². The van der Waals surface area contributed by atoms with Crippen LogP contribution in [0.5, 0.6) is 11.6 Å². The summed E-state index contributed by atoms with van der Waals surface area (Å²) in [7, 11) is 0. The van der Waals surface area contributed by atoms with Crippen LogP contribution in [0, 0.1) is 20.8 Å². The summed E-state index contributed by atoms with van der Waals surface area (Å²) in [5.74, 6) is 1.22. The van der Waals surface area contributed by atoms with Gasteiger partial charge in [0.25, 0.3) is 0 Å². The first-order chi connectivity index (χ1) is 8.47. The molecule has 0 bridgehead atoms. The van der Waals surface area contributed by atoms with Crippen LogP contribution in [0.3, 0.4) is 0 Å². The van der Waals surface area contributed by atoms with Crippen LogP contribution in [-0.2, 0) is 0 Å². The number of nitrogen functional groups attached to an aromatic ring is 1. The van der Waals surface area contributed by atoms with Crippen LogP contribution < -0.4 is 10.5 Å². The van der Waals surface area contributed by atoms with Gasteiger partial charge in [0.05, 0.1) is 0 Å². The second-order valence-electron chi connectivity index (χ2n) is 4.32. The lowest BCUT2D eigenvalue weighted by molar-refractivity contribution is 0.456. The predicted molar refractivity (Wildman–Crippen MR) is 74.4 cm³/mol. The summed E-state index contributed by atoms with van der Waals surface area (Å²) in [6.45, 7) is 6.06. The molecule has 0 saturated heterocycles. The van der Waals surface area contributed by atoms with Gasteiger partial charge in [-0.3, -0.25) is 0 Å². The summed E-state index contributed by atoms with van der Waals surface area (Å²) < 4.78 is 5.81. The van der Waals surface area contributed by atoms with Gasteiger partial charge in [-0.1, -0.05) is 23.7 Å². The summed E-state index contributed by atoms with van der Waals surface area (Å²) >= 11 is 5.86. The molecule has 0 amide bonds. The molecule has 2 rings (SSSR count). The molecule has 0 atom stereocenters. The van der Waals surface area contributed by atoms with E-state index in [1.165, 1.54) is 5.56 Å². The zero-order valence-corrected chi connectivity index (χ0v) is 11.4. The quantitative estimate of drug-likeness (QED) is 0.831. The third-order valence-electron chi connectivity index (χ3n) is 2.87. The summed E-state index contributed by atoms with van der Waals surface area (Å²) in [4.78, 5) is 4.10. The molecule has 2 aromatic rings. The first kappa shape index (κ1) is 12.7. The Morgan fingerprint density at radius 1 is 1.11 bits per heavy atom. The number of benzene rings is 1. The highest BCUT2D eigenvalue weighted by atomic mass is 35.5. The molecule has 0 saturated carbocycles. The molecule has 0 radical (unpaired) electrons. The molecule has 18 heavy (non-hydrogen) atoms. The average molecular weight is 263 g/mol. The van der Waals surface area contributed by atoms with Crippen LogP contribution in [0.4, 0.5) is 5.69 Å². The molecule has 0 aliphatic rings. The molecular weight excluding hydrogens is 248 g/mol. The van der Waals surface area contributed by atoms with Gasteiger partial charge >= 0.3 is 0 Å². The second-order valence-corrected chi connectivity index (χ2v) is 4.70. The van der Waals surface area contributed by atoms with Crippen molar-refractivity contribution in [3.05, 3.63) is 46.1 Å². The Balaban J connectivity index is 2.42. The molecule has 0 spiro atoms. The maximum atomic E-state index is 5.86. The molecular formula is C14H15ClN2O. The Hall–Kier alpha value is -1.74. The normalized spacial score (nSPS) is 10.4. The maximum absolute atomic E-state index is 5.86. The smallest absolute Gasteiger partial charge is 0.222 e. The van der Waals surface area contributed by atoms with E-state index in [4.69, 9.17) is 22.1 Å². The number of anilines is 1. The van der Waals surface area contributed by atoms with Gasteiger partial charge in [-0.25, -0.2) is 4.98 Å². The van der Waals surface area contributed by atoms with Gasteiger partial charge in [0, 0.05) is 11.8 Å². The van der Waals surface area contributed by atoms with Crippen LogP contribution in [-0.4, -0.2) is 4.98 Å². The van der Waals surface area contributed by atoms with E-state index in [9.17, 15) is 0 Å². The number of ether oxygens (including phenoxy) is 1. The molecule has 2 N–H and O–H groups in total. The molecule has 0 aliphatic heterocycles. The first-order valence-corrected chi connectivity index (χ1v) is 6.03. The van der Waals surface area contributed by atoms with Crippen molar-refractivity contribution in [2.45, 2.75) is 20.8 Å². The number of hydrogen-bond acceptors (Lipinski definition) is 3. The van der Waals surface area contributed by atoms with E-state index in [0.717, 1.165) is 16.9 Å². The third-order valence-corrected chi connectivity index (χ3v) is 3.07. The highest BCUT2D eigenvalue weighted by Gasteiger charge is 2.09. The fourth-order valence-electron chi connectivity index (χ4n) is 1.73. The lowest BCUT2D eigenvalue weighted by atomic mass is 10.1. The summed E-state index contributed by atoms with van der Waals surface area (Å²) in [6.07, 6.45) is 0. The number of halogens is 1. The minimum Gasteiger partial charge on any atom is -0.438 e. The van der Waals surface area contributed by atoms with Crippen molar-refractivity contribution >= 4 is 17.3 Å². The lowest BCUT2D eigenvalue weighted by Crippen LogP contribution is -1.96. The number of nitrogens with zero attached hydrogens (tertiary/aromatic N) is 1. The number of nitrogens with two attached hydrogens (primary N) is 1. The van der Waals surface area contributed by atoms with E-state index in [2.05, 4.69) is 11.1 Å². The van der Waals surface area contributed by atoms with E-state index >= 15 is 0 Å². The Kier molecular flexibility index (Phi) is 3.43. The van der Waals surface area contributed by atoms with Crippen molar-refractivity contribution in [1.29, 1.82) is 0 Å². The Morgan fingerprint density at radius 3 is 2.44 bits per heavy atom. The van der Waals surface area contributed by atoms with Crippen LogP contribution in [0.2, 0.25) is 5.15 Å². The number of hydrogen-bond donors (Lipinski definition) is 1. The molecule has 0 fully saturated rings. The number of aryl methyl sites for hydroxylation is 2. The van der Waals surface area contributed by atoms with Crippen molar-refractivity contribution in [3.63, 3.8) is 0 Å². The highest BCUT2D eigenvalue weighted by Crippen LogP contribution is 2.31. The number of aromatic nitrogens is 1. The van der Waals surface area contributed by atoms with Crippen molar-refractivity contribution < 1.29 is 4.74 Å². The van der Waals surface area contributed by atoms with Crippen molar-refractivity contribution in [3.8, 4) is 11.6 Å². The largest absolute Gasteiger partial charge is 0.438 e. The van der Waals surface area contributed by atoms with E-state index in [1.54, 1.807) is 12.1 Å². The fourth-order valence-corrected chi connectivity index (χ4v) is 1.94. The molecule has 94 valence electrons. The van der Waals surface area contributed by atoms with Crippen molar-refractivity contribution in [2.75, 3.05) is 5.73 Å². The second kappa shape index (κ2) is 4.86. The number of rotatable bonds is 2. The Labute approximate surface area is 112 Å². The van der Waals surface area contributed by atoms with E-state index in [0.29, 0.717) is 16.7 Å².